The van der Waals surface area contributed by atoms with E-state index in [9.17, 15) is 9.59 Å². The molecule has 104 valence electrons. The number of nitrogens with two attached hydrogens (primary N) is 1. The first-order valence-electron chi connectivity index (χ1n) is 5.24. The molecule has 0 fully saturated rings. The van der Waals surface area contributed by atoms with Crippen molar-refractivity contribution in [2.75, 3.05) is 0 Å². The topological polar surface area (TPSA) is 98.8 Å². The standard InChI is InChI=1S/C8H15NO3.C4H6O2/c1-5(2)8(10)12-7(4)11-6(3)9;1-3(2)4(5)6/h6-7H,1,9H2,2-4H3;1H2,2H3,(H,5,6). The molecule has 0 radical (unpaired) electrons. The van der Waals surface area contributed by atoms with E-state index < -0.39 is 24.5 Å². The van der Waals surface area contributed by atoms with Gasteiger partial charge in [0.05, 0.1) is 0 Å². The fourth-order valence-corrected chi connectivity index (χ4v) is 0.581. The molecule has 0 bridgehead atoms. The van der Waals surface area contributed by atoms with Gasteiger partial charge in [0.2, 0.25) is 6.29 Å². The molecule has 0 aliphatic rings. The third-order valence-corrected chi connectivity index (χ3v) is 1.39. The van der Waals surface area contributed by atoms with Crippen LogP contribution in [0, 0.1) is 0 Å². The summed E-state index contributed by atoms with van der Waals surface area (Å²) in [5, 5.41) is 7.89. The first-order chi connectivity index (χ1) is 8.07. The highest BCUT2D eigenvalue weighted by atomic mass is 16.7. The molecule has 0 aromatic heterocycles. The number of rotatable bonds is 5. The predicted molar refractivity (Wildman–Crippen MR) is 67.6 cm³/mol. The summed E-state index contributed by atoms with van der Waals surface area (Å²) in [6, 6.07) is 0. The van der Waals surface area contributed by atoms with Crippen molar-refractivity contribution in [3.05, 3.63) is 24.3 Å². The first-order valence-corrected chi connectivity index (χ1v) is 5.24. The molecule has 3 N–H and O–H groups in total. The number of hydrogen-bond donors (Lipinski definition) is 2. The van der Waals surface area contributed by atoms with Gasteiger partial charge in [-0.3, -0.25) is 0 Å². The molecular formula is C12H21NO5. The Morgan fingerprint density at radius 1 is 1.17 bits per heavy atom. The summed E-state index contributed by atoms with van der Waals surface area (Å²) >= 11 is 0. The maximum absolute atomic E-state index is 10.9. The minimum Gasteiger partial charge on any atom is -0.478 e. The fraction of sp³-hybridized carbons (Fsp3) is 0.500. The van der Waals surface area contributed by atoms with E-state index in [-0.39, 0.29) is 5.57 Å². The van der Waals surface area contributed by atoms with Crippen molar-refractivity contribution >= 4 is 11.9 Å². The van der Waals surface area contributed by atoms with Crippen LogP contribution in [0.15, 0.2) is 24.3 Å². The second kappa shape index (κ2) is 9.38. The van der Waals surface area contributed by atoms with E-state index in [0.717, 1.165) is 0 Å². The molecule has 6 heteroatoms. The average molecular weight is 259 g/mol. The molecule has 2 atom stereocenters. The monoisotopic (exact) mass is 259 g/mol. The van der Waals surface area contributed by atoms with Gasteiger partial charge in [-0.1, -0.05) is 13.2 Å². The minimum atomic E-state index is -0.935. The number of aliphatic carboxylic acids is 1. The van der Waals surface area contributed by atoms with Crippen molar-refractivity contribution in [2.24, 2.45) is 5.73 Å². The molecule has 0 saturated carbocycles. The Morgan fingerprint density at radius 3 is 1.78 bits per heavy atom. The van der Waals surface area contributed by atoms with Gasteiger partial charge in [0.1, 0.15) is 6.23 Å². The summed E-state index contributed by atoms with van der Waals surface area (Å²) in [6.45, 7) is 12.9. The van der Waals surface area contributed by atoms with Crippen molar-refractivity contribution in [1.82, 2.24) is 0 Å². The van der Waals surface area contributed by atoms with Crippen LogP contribution in [0.2, 0.25) is 0 Å². The highest BCUT2D eigenvalue weighted by Crippen LogP contribution is 2.00. The lowest BCUT2D eigenvalue weighted by molar-refractivity contribution is -0.178. The number of carboxylic acid groups (broad SMARTS) is 1. The van der Waals surface area contributed by atoms with Crippen molar-refractivity contribution in [3.63, 3.8) is 0 Å². The maximum Gasteiger partial charge on any atom is 0.335 e. The zero-order chi connectivity index (χ0) is 14.9. The van der Waals surface area contributed by atoms with Crippen molar-refractivity contribution in [3.8, 4) is 0 Å². The van der Waals surface area contributed by atoms with Crippen molar-refractivity contribution < 1.29 is 24.2 Å². The zero-order valence-electron chi connectivity index (χ0n) is 11.2. The molecule has 0 amide bonds. The van der Waals surface area contributed by atoms with Crippen LogP contribution in [0.4, 0.5) is 0 Å². The molecule has 0 saturated heterocycles. The Labute approximate surface area is 107 Å². The Morgan fingerprint density at radius 2 is 1.56 bits per heavy atom. The molecule has 0 spiro atoms. The highest BCUT2D eigenvalue weighted by Gasteiger charge is 2.10. The Balaban J connectivity index is 0. The maximum atomic E-state index is 10.9. The SMILES string of the molecule is C=C(C)C(=O)O.C=C(C)C(=O)OC(C)OC(C)N. The molecule has 0 aromatic rings. The van der Waals surface area contributed by atoms with E-state index >= 15 is 0 Å². The predicted octanol–water partition coefficient (Wildman–Crippen LogP) is 1.42. The van der Waals surface area contributed by atoms with E-state index in [0.29, 0.717) is 5.57 Å². The van der Waals surface area contributed by atoms with Crippen LogP contribution in [0.1, 0.15) is 27.7 Å². The minimum absolute atomic E-state index is 0.176. The second-order valence-electron chi connectivity index (χ2n) is 3.68. The second-order valence-corrected chi connectivity index (χ2v) is 3.68. The molecule has 0 aliphatic heterocycles. The number of carboxylic acids is 1. The van der Waals surface area contributed by atoms with Gasteiger partial charge in [-0.2, -0.15) is 0 Å². The molecule has 18 heavy (non-hydrogen) atoms. The van der Waals surface area contributed by atoms with Crippen molar-refractivity contribution in [2.45, 2.75) is 40.2 Å². The lowest BCUT2D eigenvalue weighted by Crippen LogP contribution is -2.28. The average Bonchev–Trinajstić information content (AvgIpc) is 2.16. The van der Waals surface area contributed by atoms with E-state index in [4.69, 9.17) is 20.3 Å². The molecule has 0 rings (SSSR count). The first kappa shape index (κ1) is 18.7. The fourth-order valence-electron chi connectivity index (χ4n) is 0.581. The van der Waals surface area contributed by atoms with Gasteiger partial charge >= 0.3 is 11.9 Å². The lowest BCUT2D eigenvalue weighted by Gasteiger charge is -2.16. The molecular weight excluding hydrogens is 238 g/mol. The summed E-state index contributed by atoms with van der Waals surface area (Å²) in [4.78, 5) is 20.5. The zero-order valence-corrected chi connectivity index (χ0v) is 11.2. The molecule has 0 heterocycles. The Hall–Kier alpha value is -1.66. The van der Waals surface area contributed by atoms with Gasteiger partial charge in [0, 0.05) is 11.1 Å². The van der Waals surface area contributed by atoms with Crippen LogP contribution < -0.4 is 5.73 Å². The van der Waals surface area contributed by atoms with Gasteiger partial charge < -0.3 is 20.3 Å². The van der Waals surface area contributed by atoms with Gasteiger partial charge in [-0.15, -0.1) is 0 Å². The number of hydrogen-bond acceptors (Lipinski definition) is 5. The molecule has 0 aliphatic carbocycles. The van der Waals surface area contributed by atoms with E-state index in [1.54, 1.807) is 20.8 Å². The van der Waals surface area contributed by atoms with Gasteiger partial charge in [-0.25, -0.2) is 9.59 Å². The van der Waals surface area contributed by atoms with Gasteiger partial charge in [-0.05, 0) is 27.7 Å². The Kier molecular flexibility index (Phi) is 9.74. The van der Waals surface area contributed by atoms with Crippen LogP contribution in [-0.2, 0) is 19.1 Å². The number of carbonyl (C=O) groups excluding carboxylic acids is 1. The van der Waals surface area contributed by atoms with Crippen LogP contribution in [0.25, 0.3) is 0 Å². The smallest absolute Gasteiger partial charge is 0.335 e. The molecule has 2 unspecified atom stereocenters. The lowest BCUT2D eigenvalue weighted by atomic mass is 10.4. The number of esters is 1. The third kappa shape index (κ3) is 12.4. The van der Waals surface area contributed by atoms with E-state index in [1.807, 2.05) is 0 Å². The van der Waals surface area contributed by atoms with E-state index in [2.05, 4.69) is 13.2 Å². The van der Waals surface area contributed by atoms with Crippen LogP contribution in [-0.4, -0.2) is 29.6 Å². The summed E-state index contributed by atoms with van der Waals surface area (Å²) in [7, 11) is 0. The normalized spacial score (nSPS) is 12.5. The molecule has 6 nitrogen and oxygen atoms in total. The number of ether oxygens (including phenoxy) is 2. The summed E-state index contributed by atoms with van der Waals surface area (Å²) < 4.78 is 9.75. The summed E-state index contributed by atoms with van der Waals surface area (Å²) in [5.74, 6) is -1.40. The van der Waals surface area contributed by atoms with Gasteiger partial charge in [0.15, 0.2) is 0 Å². The van der Waals surface area contributed by atoms with Gasteiger partial charge in [0.25, 0.3) is 0 Å². The van der Waals surface area contributed by atoms with E-state index in [1.165, 1.54) is 6.92 Å². The Bertz CT molecular complexity index is 310. The van der Waals surface area contributed by atoms with Crippen LogP contribution in [0.3, 0.4) is 0 Å². The molecule has 0 aromatic carbocycles. The quantitative estimate of drug-likeness (QED) is 0.440. The van der Waals surface area contributed by atoms with Crippen LogP contribution in [0.5, 0.6) is 0 Å². The number of carbonyl (C=O) groups is 2. The van der Waals surface area contributed by atoms with Crippen LogP contribution >= 0.6 is 0 Å². The van der Waals surface area contributed by atoms with Crippen molar-refractivity contribution in [1.29, 1.82) is 0 Å². The third-order valence-electron chi connectivity index (χ3n) is 1.39. The highest BCUT2D eigenvalue weighted by molar-refractivity contribution is 5.87. The largest absolute Gasteiger partial charge is 0.478 e. The summed E-state index contributed by atoms with van der Waals surface area (Å²) in [5.41, 5.74) is 5.83. The summed E-state index contributed by atoms with van der Waals surface area (Å²) in [6.07, 6.45) is -1.08.